The molecule has 2 saturated heterocycles. The van der Waals surface area contributed by atoms with Gasteiger partial charge in [0.05, 0.1) is 13.1 Å². The molecular formula is C33H49N7O. The molecule has 4 heterocycles. The number of hydrogen-bond donors (Lipinski definition) is 2. The summed E-state index contributed by atoms with van der Waals surface area (Å²) in [4.78, 5) is 30.6. The summed E-state index contributed by atoms with van der Waals surface area (Å²) >= 11 is 0. The van der Waals surface area contributed by atoms with E-state index in [0.717, 1.165) is 24.0 Å². The van der Waals surface area contributed by atoms with Crippen molar-refractivity contribution in [1.29, 1.82) is 0 Å². The summed E-state index contributed by atoms with van der Waals surface area (Å²) in [7, 11) is 2.02. The molecule has 3 aliphatic heterocycles. The van der Waals surface area contributed by atoms with Crippen LogP contribution in [-0.4, -0.2) is 87.5 Å². The van der Waals surface area contributed by atoms with Gasteiger partial charge in [0.15, 0.2) is 0 Å². The molecule has 2 aromatic rings. The van der Waals surface area contributed by atoms with Crippen molar-refractivity contribution in [1.82, 2.24) is 34.9 Å². The Hall–Kier alpha value is -2.84. The molecule has 0 bridgehead atoms. The van der Waals surface area contributed by atoms with Gasteiger partial charge >= 0.3 is 0 Å². The summed E-state index contributed by atoms with van der Waals surface area (Å²) in [5.74, 6) is 0.827. The zero-order chi connectivity index (χ0) is 28.1. The third-order valence-electron chi connectivity index (χ3n) is 10.2. The zero-order valence-corrected chi connectivity index (χ0v) is 24.9. The van der Waals surface area contributed by atoms with Crippen molar-refractivity contribution in [3.63, 3.8) is 0 Å². The molecule has 6 rings (SSSR count). The number of nitrogens with one attached hydrogen (secondary N) is 2. The maximum Gasteiger partial charge on any atom is 0.254 e. The van der Waals surface area contributed by atoms with Crippen LogP contribution in [0.2, 0.25) is 0 Å². The molecule has 3 fully saturated rings. The molecule has 4 aliphatic rings. The van der Waals surface area contributed by atoms with Crippen LogP contribution >= 0.6 is 0 Å². The Bertz CT molecular complexity index is 1130. The quantitative estimate of drug-likeness (QED) is 0.485. The normalized spacial score (nSPS) is 23.9. The third kappa shape index (κ3) is 6.97. The van der Waals surface area contributed by atoms with Crippen molar-refractivity contribution < 1.29 is 4.79 Å². The fourth-order valence-corrected chi connectivity index (χ4v) is 7.60. The first-order valence-corrected chi connectivity index (χ1v) is 16.0. The average molecular weight is 560 g/mol. The third-order valence-corrected chi connectivity index (χ3v) is 10.2. The molecule has 1 spiro atoms. The van der Waals surface area contributed by atoms with Crippen LogP contribution in [0.25, 0.3) is 0 Å². The van der Waals surface area contributed by atoms with E-state index in [9.17, 15) is 4.79 Å². The molecule has 8 nitrogen and oxygen atoms in total. The van der Waals surface area contributed by atoms with Crippen molar-refractivity contribution in [3.05, 3.63) is 66.0 Å². The topological polar surface area (TPSA) is 70.7 Å². The highest BCUT2D eigenvalue weighted by Crippen LogP contribution is 2.42. The van der Waals surface area contributed by atoms with Crippen molar-refractivity contribution in [2.24, 2.45) is 5.41 Å². The van der Waals surface area contributed by atoms with Crippen molar-refractivity contribution in [2.75, 3.05) is 39.8 Å². The van der Waals surface area contributed by atoms with E-state index in [1.54, 1.807) is 12.4 Å². The van der Waals surface area contributed by atoms with E-state index in [1.165, 1.54) is 96.0 Å². The van der Waals surface area contributed by atoms with Gasteiger partial charge < -0.3 is 25.0 Å². The Morgan fingerprint density at radius 1 is 1.02 bits per heavy atom. The van der Waals surface area contributed by atoms with Crippen LogP contribution in [0.15, 0.2) is 49.1 Å². The molecule has 1 saturated carbocycles. The largest absolute Gasteiger partial charge is 0.369 e. The first-order chi connectivity index (χ1) is 20.1. The molecule has 1 unspecified atom stereocenters. The van der Waals surface area contributed by atoms with Gasteiger partial charge in [-0.05, 0) is 74.8 Å². The molecule has 1 aromatic carbocycles. The number of nitrogens with zero attached hydrogens (tertiary/aromatic N) is 5. The van der Waals surface area contributed by atoms with Gasteiger partial charge in [-0.2, -0.15) is 0 Å². The van der Waals surface area contributed by atoms with Crippen LogP contribution in [0, 0.1) is 5.41 Å². The number of piperidine rings is 1. The van der Waals surface area contributed by atoms with Gasteiger partial charge in [0.1, 0.15) is 12.0 Å². The second-order valence-corrected chi connectivity index (χ2v) is 13.1. The second kappa shape index (κ2) is 13.0. The minimum Gasteiger partial charge on any atom is -0.369 e. The number of likely N-dealkylation sites (tertiary alicyclic amines) is 2. The molecule has 8 heteroatoms. The highest BCUT2D eigenvalue weighted by atomic mass is 16.2. The summed E-state index contributed by atoms with van der Waals surface area (Å²) < 4.78 is 0. The number of carbonyl (C=O) groups excluding carboxylic acids is 1. The van der Waals surface area contributed by atoms with E-state index >= 15 is 0 Å². The number of likely N-dealkylation sites (N-methyl/N-ethyl adjacent to an activating group) is 1. The smallest absolute Gasteiger partial charge is 0.254 e. The fourth-order valence-electron chi connectivity index (χ4n) is 7.60. The van der Waals surface area contributed by atoms with Crippen LogP contribution in [0.3, 0.4) is 0 Å². The number of imidazole rings is 1. The standard InChI is InChI=1S/C33H49N7O/c1-37-22-18-36-31(37)25-40(24-30-34-16-17-35-30)32(41)28-11-9-27(10-12-28)23-38-19-13-33(26-38)14-20-39(21-15-33)29-7-5-3-2-4-6-8-29/h9-12,16-18,22,29,31,36H,2-8,13-15,19-21,23-26H2,1H3,(H,34,35). The Balaban J connectivity index is 1.02. The number of amides is 1. The van der Waals surface area contributed by atoms with Gasteiger partial charge in [0, 0.05) is 56.5 Å². The summed E-state index contributed by atoms with van der Waals surface area (Å²) in [5, 5.41) is 3.33. The van der Waals surface area contributed by atoms with Gasteiger partial charge in [-0.1, -0.05) is 44.2 Å². The Morgan fingerprint density at radius 2 is 1.76 bits per heavy atom. The van der Waals surface area contributed by atoms with E-state index < -0.39 is 0 Å². The lowest BCUT2D eigenvalue weighted by molar-refractivity contribution is 0.0655. The first-order valence-electron chi connectivity index (χ1n) is 16.0. The summed E-state index contributed by atoms with van der Waals surface area (Å²) in [6, 6.07) is 9.17. The van der Waals surface area contributed by atoms with Gasteiger partial charge in [0.2, 0.25) is 0 Å². The lowest BCUT2D eigenvalue weighted by Gasteiger charge is -2.43. The maximum atomic E-state index is 13.6. The van der Waals surface area contributed by atoms with Gasteiger partial charge in [-0.15, -0.1) is 0 Å². The lowest BCUT2D eigenvalue weighted by Crippen LogP contribution is -2.46. The molecular weight excluding hydrogens is 510 g/mol. The summed E-state index contributed by atoms with van der Waals surface area (Å²) in [6.07, 6.45) is 21.6. The van der Waals surface area contributed by atoms with Crippen LogP contribution in [0.4, 0.5) is 0 Å². The molecule has 1 aliphatic carbocycles. The molecule has 1 amide bonds. The monoisotopic (exact) mass is 559 g/mol. The van der Waals surface area contributed by atoms with Crippen LogP contribution in [-0.2, 0) is 13.1 Å². The summed E-state index contributed by atoms with van der Waals surface area (Å²) in [5.41, 5.74) is 2.54. The van der Waals surface area contributed by atoms with Crippen molar-refractivity contribution >= 4 is 5.91 Å². The number of hydrogen-bond acceptors (Lipinski definition) is 6. The number of H-pyrrole nitrogens is 1. The molecule has 222 valence electrons. The maximum absolute atomic E-state index is 13.6. The number of rotatable bonds is 8. The lowest BCUT2D eigenvalue weighted by atomic mass is 9.77. The number of carbonyl (C=O) groups is 1. The summed E-state index contributed by atoms with van der Waals surface area (Å²) in [6.45, 7) is 7.00. The second-order valence-electron chi connectivity index (χ2n) is 13.1. The van der Waals surface area contributed by atoms with E-state index in [0.29, 0.717) is 18.5 Å². The highest BCUT2D eigenvalue weighted by Gasteiger charge is 2.41. The Labute approximate surface area is 246 Å². The fraction of sp³-hybridized carbons (Fsp3) is 0.636. The number of benzene rings is 1. The van der Waals surface area contributed by atoms with E-state index in [-0.39, 0.29) is 12.1 Å². The molecule has 41 heavy (non-hydrogen) atoms. The number of aromatic amines is 1. The molecule has 1 atom stereocenters. The predicted molar refractivity (Wildman–Crippen MR) is 163 cm³/mol. The van der Waals surface area contributed by atoms with E-state index in [1.807, 2.05) is 36.5 Å². The number of aromatic nitrogens is 2. The first kappa shape index (κ1) is 28.3. The SMILES string of the molecule is CN1C=CNC1CN(Cc1ncc[nH]1)C(=O)c1ccc(CN2CCC3(CCN(C4CCCCCCC4)CC3)C2)cc1. The molecule has 0 radical (unpaired) electrons. The van der Waals surface area contributed by atoms with Crippen LogP contribution in [0.1, 0.15) is 86.0 Å². The van der Waals surface area contributed by atoms with Gasteiger partial charge in [0.25, 0.3) is 5.91 Å². The van der Waals surface area contributed by atoms with Crippen molar-refractivity contribution in [3.8, 4) is 0 Å². The molecule has 2 N–H and O–H groups in total. The van der Waals surface area contributed by atoms with Gasteiger partial charge in [-0.3, -0.25) is 9.69 Å². The average Bonchev–Trinajstić information content (AvgIpc) is 3.72. The molecule has 1 aromatic heterocycles. The van der Waals surface area contributed by atoms with Crippen molar-refractivity contribution in [2.45, 2.75) is 89.5 Å². The Kier molecular flexibility index (Phi) is 8.96. The van der Waals surface area contributed by atoms with Crippen LogP contribution in [0.5, 0.6) is 0 Å². The van der Waals surface area contributed by atoms with E-state index in [4.69, 9.17) is 0 Å². The Morgan fingerprint density at radius 3 is 2.44 bits per heavy atom. The van der Waals surface area contributed by atoms with E-state index in [2.05, 4.69) is 42.1 Å². The highest BCUT2D eigenvalue weighted by molar-refractivity contribution is 5.94. The minimum atomic E-state index is 0.0335. The minimum absolute atomic E-state index is 0.0335. The zero-order valence-electron chi connectivity index (χ0n) is 24.9. The predicted octanol–water partition coefficient (Wildman–Crippen LogP) is 4.79. The van der Waals surface area contributed by atoms with Gasteiger partial charge in [-0.25, -0.2) is 4.98 Å². The van der Waals surface area contributed by atoms with Crippen LogP contribution < -0.4 is 5.32 Å².